The summed E-state index contributed by atoms with van der Waals surface area (Å²) in [6.45, 7) is 1.81. The van der Waals surface area contributed by atoms with Crippen LogP contribution in [0.5, 0.6) is 0 Å². The first-order valence-electron chi connectivity index (χ1n) is 5.66. The first-order valence-corrected chi connectivity index (χ1v) is 5.66. The zero-order valence-electron chi connectivity index (χ0n) is 10.0. The average Bonchev–Trinajstić information content (AvgIpc) is 2.33. The number of nitrogens with zero attached hydrogens (tertiary/aromatic N) is 2. The van der Waals surface area contributed by atoms with Gasteiger partial charge in [0, 0.05) is 31.2 Å². The fourth-order valence-corrected chi connectivity index (χ4v) is 1.79. The van der Waals surface area contributed by atoms with Gasteiger partial charge < -0.3 is 5.73 Å². The molecule has 0 unspecified atom stereocenters. The number of aromatic nitrogens is 1. The van der Waals surface area contributed by atoms with Crippen molar-refractivity contribution in [1.82, 2.24) is 9.88 Å². The van der Waals surface area contributed by atoms with Gasteiger partial charge in [-0.2, -0.15) is 0 Å². The third kappa shape index (κ3) is 3.57. The Morgan fingerprint density at radius 2 is 1.76 bits per heavy atom. The van der Waals surface area contributed by atoms with E-state index in [-0.39, 0.29) is 0 Å². The highest BCUT2D eigenvalue weighted by atomic mass is 15.1. The molecule has 2 N–H and O–H groups in total. The molecule has 1 aromatic carbocycles. The van der Waals surface area contributed by atoms with Crippen molar-refractivity contribution in [3.63, 3.8) is 0 Å². The van der Waals surface area contributed by atoms with E-state index in [2.05, 4.69) is 35.1 Å². The first kappa shape index (κ1) is 11.6. The number of nitrogen functional groups attached to an aromatic ring is 1. The number of pyridine rings is 1. The van der Waals surface area contributed by atoms with Crippen LogP contribution >= 0.6 is 0 Å². The highest BCUT2D eigenvalue weighted by Gasteiger charge is 2.01. The van der Waals surface area contributed by atoms with Crippen LogP contribution in [0.4, 0.5) is 5.69 Å². The predicted octanol–water partition coefficient (Wildman–Crippen LogP) is 2.30. The summed E-state index contributed by atoms with van der Waals surface area (Å²) in [5.74, 6) is 0. The van der Waals surface area contributed by atoms with Crippen molar-refractivity contribution in [2.24, 2.45) is 0 Å². The van der Waals surface area contributed by atoms with E-state index >= 15 is 0 Å². The zero-order chi connectivity index (χ0) is 12.1. The lowest BCUT2D eigenvalue weighted by molar-refractivity contribution is 0.319. The quantitative estimate of drug-likeness (QED) is 0.815. The number of anilines is 1. The fraction of sp³-hybridized carbons (Fsp3) is 0.214. The second-order valence-corrected chi connectivity index (χ2v) is 4.28. The summed E-state index contributed by atoms with van der Waals surface area (Å²) in [6, 6.07) is 12.1. The van der Waals surface area contributed by atoms with Gasteiger partial charge in [0.1, 0.15) is 0 Å². The molecule has 0 fully saturated rings. The molecule has 0 atom stereocenters. The lowest BCUT2D eigenvalue weighted by atomic mass is 10.2. The third-order valence-corrected chi connectivity index (χ3v) is 2.61. The number of benzene rings is 1. The maximum atomic E-state index is 5.66. The molecule has 0 aliphatic rings. The summed E-state index contributed by atoms with van der Waals surface area (Å²) in [6.07, 6.45) is 3.70. The van der Waals surface area contributed by atoms with Crippen LogP contribution < -0.4 is 5.73 Å². The van der Waals surface area contributed by atoms with E-state index in [1.807, 2.05) is 24.4 Å². The molecule has 0 saturated heterocycles. The van der Waals surface area contributed by atoms with Crippen molar-refractivity contribution in [1.29, 1.82) is 0 Å². The highest BCUT2D eigenvalue weighted by molar-refractivity contribution is 5.39. The van der Waals surface area contributed by atoms with Crippen LogP contribution in [-0.2, 0) is 13.1 Å². The monoisotopic (exact) mass is 227 g/mol. The molecule has 1 heterocycles. The third-order valence-electron chi connectivity index (χ3n) is 2.61. The van der Waals surface area contributed by atoms with Crippen molar-refractivity contribution in [2.75, 3.05) is 12.8 Å². The molecule has 0 bridgehead atoms. The van der Waals surface area contributed by atoms with Crippen LogP contribution in [0.15, 0.2) is 48.8 Å². The van der Waals surface area contributed by atoms with Crippen LogP contribution in [0, 0.1) is 0 Å². The largest absolute Gasteiger partial charge is 0.399 e. The van der Waals surface area contributed by atoms with Crippen LogP contribution in [0.25, 0.3) is 0 Å². The van der Waals surface area contributed by atoms with Crippen molar-refractivity contribution >= 4 is 5.69 Å². The molecular formula is C14H17N3. The van der Waals surface area contributed by atoms with E-state index < -0.39 is 0 Å². The van der Waals surface area contributed by atoms with Gasteiger partial charge in [-0.25, -0.2) is 0 Å². The molecule has 2 rings (SSSR count). The van der Waals surface area contributed by atoms with Gasteiger partial charge in [-0.1, -0.05) is 18.2 Å². The maximum absolute atomic E-state index is 5.66. The van der Waals surface area contributed by atoms with Gasteiger partial charge in [0.2, 0.25) is 0 Å². The molecule has 0 aliphatic carbocycles. The first-order chi connectivity index (χ1) is 8.24. The van der Waals surface area contributed by atoms with Gasteiger partial charge in [0.05, 0.1) is 0 Å². The molecule has 88 valence electrons. The van der Waals surface area contributed by atoms with Crippen molar-refractivity contribution in [3.8, 4) is 0 Å². The lowest BCUT2D eigenvalue weighted by Gasteiger charge is -2.16. The topological polar surface area (TPSA) is 42.1 Å². The molecule has 0 radical (unpaired) electrons. The summed E-state index contributed by atoms with van der Waals surface area (Å²) < 4.78 is 0. The molecule has 1 aromatic heterocycles. The Hall–Kier alpha value is -1.87. The Labute approximate surface area is 102 Å². The van der Waals surface area contributed by atoms with Gasteiger partial charge in [-0.3, -0.25) is 9.88 Å². The Kier molecular flexibility index (Phi) is 3.73. The van der Waals surface area contributed by atoms with E-state index in [1.54, 1.807) is 6.20 Å². The summed E-state index contributed by atoms with van der Waals surface area (Å²) in [5.41, 5.74) is 8.96. The van der Waals surface area contributed by atoms with E-state index in [9.17, 15) is 0 Å². The summed E-state index contributed by atoms with van der Waals surface area (Å²) in [5, 5.41) is 0. The minimum atomic E-state index is 0.809. The molecule has 0 amide bonds. The standard InChI is InChI=1S/C14H17N3/c1-17(11-13-3-2-8-16-9-13)10-12-4-6-14(15)7-5-12/h2-9H,10-11,15H2,1H3. The molecule has 0 saturated carbocycles. The average molecular weight is 227 g/mol. The molecule has 0 spiro atoms. The molecular weight excluding hydrogens is 210 g/mol. The number of hydrogen-bond acceptors (Lipinski definition) is 3. The normalized spacial score (nSPS) is 10.7. The molecule has 3 heteroatoms. The summed E-state index contributed by atoms with van der Waals surface area (Å²) in [7, 11) is 2.10. The van der Waals surface area contributed by atoms with Crippen LogP contribution in [-0.4, -0.2) is 16.9 Å². The maximum Gasteiger partial charge on any atom is 0.0314 e. The number of nitrogens with two attached hydrogens (primary N) is 1. The van der Waals surface area contributed by atoms with Crippen LogP contribution in [0.2, 0.25) is 0 Å². The van der Waals surface area contributed by atoms with Gasteiger partial charge in [0.25, 0.3) is 0 Å². The van der Waals surface area contributed by atoms with E-state index in [1.165, 1.54) is 11.1 Å². The Bertz CT molecular complexity index is 451. The van der Waals surface area contributed by atoms with Gasteiger partial charge in [-0.15, -0.1) is 0 Å². The van der Waals surface area contributed by atoms with Gasteiger partial charge in [-0.05, 0) is 36.4 Å². The Morgan fingerprint density at radius 1 is 1.06 bits per heavy atom. The van der Waals surface area contributed by atoms with Gasteiger partial charge >= 0.3 is 0 Å². The molecule has 0 aliphatic heterocycles. The number of hydrogen-bond donors (Lipinski definition) is 1. The summed E-state index contributed by atoms with van der Waals surface area (Å²) >= 11 is 0. The van der Waals surface area contributed by atoms with E-state index in [4.69, 9.17) is 5.73 Å². The SMILES string of the molecule is CN(Cc1ccc(N)cc1)Cc1cccnc1. The summed E-state index contributed by atoms with van der Waals surface area (Å²) in [4.78, 5) is 6.37. The minimum absolute atomic E-state index is 0.809. The van der Waals surface area contributed by atoms with E-state index in [0.717, 1.165) is 18.8 Å². The van der Waals surface area contributed by atoms with Crippen LogP contribution in [0.1, 0.15) is 11.1 Å². The molecule has 2 aromatic rings. The predicted molar refractivity (Wildman–Crippen MR) is 70.3 cm³/mol. The van der Waals surface area contributed by atoms with Crippen LogP contribution in [0.3, 0.4) is 0 Å². The highest BCUT2D eigenvalue weighted by Crippen LogP contribution is 2.09. The Balaban J connectivity index is 1.93. The smallest absolute Gasteiger partial charge is 0.0314 e. The fourth-order valence-electron chi connectivity index (χ4n) is 1.79. The van der Waals surface area contributed by atoms with Crippen molar-refractivity contribution in [2.45, 2.75) is 13.1 Å². The molecule has 17 heavy (non-hydrogen) atoms. The van der Waals surface area contributed by atoms with Crippen molar-refractivity contribution < 1.29 is 0 Å². The zero-order valence-corrected chi connectivity index (χ0v) is 10.0. The van der Waals surface area contributed by atoms with Crippen molar-refractivity contribution in [3.05, 3.63) is 59.9 Å². The molecule has 3 nitrogen and oxygen atoms in total. The second-order valence-electron chi connectivity index (χ2n) is 4.28. The lowest BCUT2D eigenvalue weighted by Crippen LogP contribution is -2.17. The second kappa shape index (κ2) is 5.46. The van der Waals surface area contributed by atoms with E-state index in [0.29, 0.717) is 0 Å². The minimum Gasteiger partial charge on any atom is -0.399 e. The number of rotatable bonds is 4. The van der Waals surface area contributed by atoms with Gasteiger partial charge in [0.15, 0.2) is 0 Å². The Morgan fingerprint density at radius 3 is 2.41 bits per heavy atom.